The summed E-state index contributed by atoms with van der Waals surface area (Å²) >= 11 is 2.25. The molecule has 0 saturated heterocycles. The summed E-state index contributed by atoms with van der Waals surface area (Å²) in [6.07, 6.45) is 1.86. The summed E-state index contributed by atoms with van der Waals surface area (Å²) in [7, 11) is 0. The van der Waals surface area contributed by atoms with Crippen molar-refractivity contribution in [3.8, 4) is 78.9 Å². The third kappa shape index (κ3) is 8.68. The first kappa shape index (κ1) is 40.3. The number of nitrogens with zero attached hydrogens (tertiary/aromatic N) is 5. The predicted molar refractivity (Wildman–Crippen MR) is 339 cm³/mol. The van der Waals surface area contributed by atoms with Gasteiger partial charge in [0.1, 0.15) is 0 Å². The summed E-state index contributed by atoms with van der Waals surface area (Å²) < 4.78 is 109. The van der Waals surface area contributed by atoms with E-state index in [1.807, 2.05) is 149 Å². The minimum absolute atomic E-state index is 0.132. The van der Waals surface area contributed by atoms with Crippen molar-refractivity contribution in [1.82, 2.24) is 23.3 Å². The van der Waals surface area contributed by atoms with E-state index in [9.17, 15) is 11.0 Å². The van der Waals surface area contributed by atoms with Gasteiger partial charge in [0.15, 0.2) is 0 Å². The van der Waals surface area contributed by atoms with Crippen molar-refractivity contribution in [2.24, 2.45) is 0 Å². The summed E-state index contributed by atoms with van der Waals surface area (Å²) in [5, 5.41) is 3.92. The van der Waals surface area contributed by atoms with E-state index >= 15 is 0 Å². The number of ether oxygens (including phenoxy) is 1. The first-order valence-corrected chi connectivity index (χ1v) is 28.5. The van der Waals surface area contributed by atoms with Crippen LogP contribution in [-0.2, 0) is 24.8 Å². The van der Waals surface area contributed by atoms with Crippen LogP contribution in [0.2, 0.25) is 0 Å². The van der Waals surface area contributed by atoms with Gasteiger partial charge in [-0.2, -0.15) is 0 Å². The molecule has 0 aliphatic heterocycles. The van der Waals surface area contributed by atoms with Crippen LogP contribution < -0.4 is 4.74 Å². The number of rotatable bonds is 10. The monoisotopic (exact) mass is 1260 g/mol. The number of imidazole rings is 1. The molecule has 15 rings (SSSR count). The number of benzene rings is 11. The maximum absolute atomic E-state index is 9.74. The van der Waals surface area contributed by atoms with Gasteiger partial charge in [0, 0.05) is 6.20 Å². The summed E-state index contributed by atoms with van der Waals surface area (Å²) in [4.78, 5) is 4.94. The topological polar surface area (TPSA) is 41.8 Å². The fraction of sp³-hybridized carbons (Fsp3) is 0.0526. The van der Waals surface area contributed by atoms with Gasteiger partial charge in [0.2, 0.25) is 0 Å². The third-order valence-electron chi connectivity index (χ3n) is 15.6. The molecule has 83 heavy (non-hydrogen) atoms. The Bertz CT molecular complexity index is 5510. The summed E-state index contributed by atoms with van der Waals surface area (Å²) in [5.41, 5.74) is 10.7. The molecule has 4 heterocycles. The zero-order chi connectivity index (χ0) is 64.5. The second-order valence-corrected chi connectivity index (χ2v) is 22.6. The van der Waals surface area contributed by atoms with Gasteiger partial charge in [0.25, 0.3) is 0 Å². The Hall–Kier alpha value is -9.87. The SMILES string of the molecule is [2H]c1c([2H])c([2H])c(-c2cc(-n3c4ccccc4c4ccccc43)cc(-c3c([2H])c([2H])c([2H])c([2H])c3[2H])c2-n2[c](=[Pt])n(-c3cc(Oc4ccc5c6ccccc6n(-c6cc(C(C)(C)C)ccn6)c5c4)cc(-c4ccccc4-c4ccccc4)c3)c3ccccc32)c([2H])c1[2H]. The molecule has 0 fully saturated rings. The van der Waals surface area contributed by atoms with Crippen LogP contribution >= 0.6 is 0 Å². The molecular weight excluding hydrogens is 1190 g/mol. The van der Waals surface area contributed by atoms with Gasteiger partial charge >= 0.3 is 453 Å². The first-order chi connectivity index (χ1) is 44.9. The molecule has 0 saturated carbocycles. The Morgan fingerprint density at radius 3 is 1.49 bits per heavy atom. The van der Waals surface area contributed by atoms with E-state index in [2.05, 4.69) is 116 Å². The van der Waals surface area contributed by atoms with Gasteiger partial charge in [-0.3, -0.25) is 0 Å². The summed E-state index contributed by atoms with van der Waals surface area (Å²) in [5.74, 6) is 1.84. The van der Waals surface area contributed by atoms with E-state index in [0.717, 1.165) is 77.2 Å². The second kappa shape index (κ2) is 20.3. The minimum atomic E-state index is -0.587. The van der Waals surface area contributed by atoms with E-state index in [1.165, 1.54) is 0 Å². The quantitative estimate of drug-likeness (QED) is 0.137. The van der Waals surface area contributed by atoms with Crippen LogP contribution in [0.1, 0.15) is 40.0 Å². The summed E-state index contributed by atoms with van der Waals surface area (Å²) in [6, 6.07) is 64.7. The van der Waals surface area contributed by atoms with Gasteiger partial charge in [-0.1, -0.05) is 32.9 Å². The van der Waals surface area contributed by atoms with E-state index in [4.69, 9.17) is 12.5 Å². The molecule has 0 N–H and O–H groups in total. The number of para-hydroxylation sites is 5. The zero-order valence-electron chi connectivity index (χ0n) is 55.2. The average Bonchev–Trinajstić information content (AvgIpc) is 1.69. The molecule has 0 radical (unpaired) electrons. The molecule has 6 nitrogen and oxygen atoms in total. The molecule has 400 valence electrons. The van der Waals surface area contributed by atoms with Crippen molar-refractivity contribution < 1.29 is 37.8 Å². The van der Waals surface area contributed by atoms with E-state index in [1.54, 1.807) is 12.1 Å². The van der Waals surface area contributed by atoms with E-state index in [0.29, 0.717) is 37.7 Å². The molecule has 0 bridgehead atoms. The third-order valence-corrected chi connectivity index (χ3v) is 16.6. The fourth-order valence-electron chi connectivity index (χ4n) is 11.8. The number of fused-ring (bicyclic) bond motifs is 7. The van der Waals surface area contributed by atoms with Gasteiger partial charge in [-0.25, -0.2) is 0 Å². The van der Waals surface area contributed by atoms with Crippen molar-refractivity contribution in [2.45, 2.75) is 26.2 Å². The molecule has 0 unspecified atom stereocenters. The number of hydrogen-bond donors (Lipinski definition) is 0. The maximum atomic E-state index is 9.74. The first-order valence-electron chi connectivity index (χ1n) is 32.4. The number of pyridine rings is 1. The molecule has 0 aliphatic rings. The Balaban J connectivity index is 1.03. The molecule has 4 aromatic heterocycles. The van der Waals surface area contributed by atoms with Crippen LogP contribution in [0.4, 0.5) is 0 Å². The number of hydrogen-bond acceptors (Lipinski definition) is 2. The second-order valence-electron chi connectivity index (χ2n) is 21.6. The van der Waals surface area contributed by atoms with Crippen molar-refractivity contribution in [1.29, 1.82) is 0 Å². The van der Waals surface area contributed by atoms with Crippen LogP contribution in [0.5, 0.6) is 11.5 Å². The van der Waals surface area contributed by atoms with Crippen molar-refractivity contribution in [3.05, 3.63) is 288 Å². The van der Waals surface area contributed by atoms with Crippen molar-refractivity contribution in [2.75, 3.05) is 0 Å². The number of aromatic nitrogens is 5. The van der Waals surface area contributed by atoms with E-state index < -0.39 is 60.4 Å². The van der Waals surface area contributed by atoms with Crippen LogP contribution in [0.25, 0.3) is 122 Å². The van der Waals surface area contributed by atoms with Crippen LogP contribution in [0.3, 0.4) is 0 Å². The summed E-state index contributed by atoms with van der Waals surface area (Å²) in [6.45, 7) is 6.57. The van der Waals surface area contributed by atoms with Gasteiger partial charge < -0.3 is 0 Å². The van der Waals surface area contributed by atoms with Crippen molar-refractivity contribution >= 4 is 54.6 Å². The fourth-order valence-corrected chi connectivity index (χ4v) is 12.9. The zero-order valence-corrected chi connectivity index (χ0v) is 47.5. The molecule has 7 heteroatoms. The molecule has 11 aromatic carbocycles. The van der Waals surface area contributed by atoms with Crippen LogP contribution in [0.15, 0.2) is 279 Å². The predicted octanol–water partition coefficient (Wildman–Crippen LogP) is 19.8. The standard InChI is InChI=1S/C76H55N5O.Pt/c1-76(2,3)55-41-42-77-74(45-55)81-70-36-20-17-33-64(70)65-40-39-58(49-73(65)81)82-59-44-54(61-30-14-13-29-60(61)51-23-7-4-8-24-51)43-56(46-59)78-50-79(72-38-22-21-37-71(72)78)75-66(52-25-9-5-10-26-52)47-57(48-67(75)53-27-11-6-12-28-53)80-68-34-18-15-31-62(68)63-32-16-19-35-69(63)80;/h4-49H,1-3H3;/i5D,6D,9D,10D,11D,12D,25D,26D,27D,28D;. The van der Waals surface area contributed by atoms with Crippen molar-refractivity contribution in [3.63, 3.8) is 0 Å². The van der Waals surface area contributed by atoms with Gasteiger partial charge in [-0.15, -0.1) is 0 Å². The molecular formula is C76H55N5OPt. The molecule has 0 amide bonds. The molecule has 0 atom stereocenters. The Kier molecular flexibility index (Phi) is 9.86. The molecule has 15 aromatic rings. The molecule has 0 aliphatic carbocycles. The Morgan fingerprint density at radius 2 is 0.892 bits per heavy atom. The van der Waals surface area contributed by atoms with Crippen LogP contribution in [0, 0.1) is 3.80 Å². The average molecular weight is 1260 g/mol. The van der Waals surface area contributed by atoms with Crippen LogP contribution in [-0.4, -0.2) is 23.3 Å². The van der Waals surface area contributed by atoms with Gasteiger partial charge in [0.05, 0.1) is 0 Å². The Morgan fingerprint density at radius 1 is 0.386 bits per heavy atom. The van der Waals surface area contributed by atoms with E-state index in [-0.39, 0.29) is 33.4 Å². The molecule has 0 spiro atoms. The Labute approximate surface area is 506 Å². The normalized spacial score (nSPS) is 13.6. The van der Waals surface area contributed by atoms with Gasteiger partial charge in [-0.05, 0) is 17.0 Å².